The summed E-state index contributed by atoms with van der Waals surface area (Å²) >= 11 is 0. The zero-order chi connectivity index (χ0) is 9.68. The molecule has 0 aliphatic carbocycles. The molecule has 0 unspecified atom stereocenters. The molecule has 0 aromatic rings. The Hall–Kier alpha value is -1.52. The Morgan fingerprint density at radius 3 is 2.15 bits per heavy atom. The maximum Gasteiger partial charge on any atom is 0.145 e. The van der Waals surface area contributed by atoms with Crippen LogP contribution in [0.5, 0.6) is 0 Å². The number of likely N-dealkylation sites (N-methyl/N-ethyl adjacent to an activating group) is 1. The third kappa shape index (κ3) is 2.77. The van der Waals surface area contributed by atoms with Crippen LogP contribution in [0.4, 0.5) is 0 Å². The number of nitrogens with zero attached hydrogens (tertiary/aromatic N) is 4. The Morgan fingerprint density at radius 1 is 1.15 bits per heavy atom. The molecule has 1 aliphatic heterocycles. The molecule has 0 amide bonds. The van der Waals surface area contributed by atoms with Gasteiger partial charge in [0.25, 0.3) is 0 Å². The lowest BCUT2D eigenvalue weighted by Crippen LogP contribution is -2.41. The van der Waals surface area contributed by atoms with Crippen LogP contribution in [0.3, 0.4) is 0 Å². The average Bonchev–Trinajstić information content (AvgIpc) is 2.17. The summed E-state index contributed by atoms with van der Waals surface area (Å²) in [5.41, 5.74) is 0.185. The molecular formula is C9H12N4. The molecule has 0 radical (unpaired) electrons. The maximum atomic E-state index is 8.53. The standard InChI is InChI=1S/C9H12N4/c1-12-2-4-13(5-3-12)8-9(6-10)7-11/h8H,2-5H2,1H3. The van der Waals surface area contributed by atoms with Gasteiger partial charge in [0, 0.05) is 32.4 Å². The second kappa shape index (κ2) is 4.49. The van der Waals surface area contributed by atoms with Crippen molar-refractivity contribution in [3.63, 3.8) is 0 Å². The third-order valence-corrected chi connectivity index (χ3v) is 2.09. The van der Waals surface area contributed by atoms with E-state index >= 15 is 0 Å². The first-order valence-electron chi connectivity index (χ1n) is 4.21. The summed E-state index contributed by atoms with van der Waals surface area (Å²) in [5, 5.41) is 17.1. The fourth-order valence-corrected chi connectivity index (χ4v) is 1.22. The van der Waals surface area contributed by atoms with Crippen LogP contribution in [-0.2, 0) is 0 Å². The first-order valence-corrected chi connectivity index (χ1v) is 4.21. The molecule has 1 fully saturated rings. The van der Waals surface area contributed by atoms with E-state index in [1.54, 1.807) is 6.20 Å². The minimum Gasteiger partial charge on any atom is -0.373 e. The molecule has 4 heteroatoms. The number of nitriles is 2. The minimum absolute atomic E-state index is 0.185. The van der Waals surface area contributed by atoms with Crippen LogP contribution in [0.1, 0.15) is 0 Å². The highest BCUT2D eigenvalue weighted by atomic mass is 15.2. The zero-order valence-corrected chi connectivity index (χ0v) is 7.69. The van der Waals surface area contributed by atoms with E-state index in [-0.39, 0.29) is 5.57 Å². The Balaban J connectivity index is 2.52. The van der Waals surface area contributed by atoms with Gasteiger partial charge in [-0.2, -0.15) is 10.5 Å². The van der Waals surface area contributed by atoms with Crippen molar-refractivity contribution >= 4 is 0 Å². The SMILES string of the molecule is CN1CCN(C=C(C#N)C#N)CC1. The van der Waals surface area contributed by atoms with Gasteiger partial charge in [-0.3, -0.25) is 0 Å². The van der Waals surface area contributed by atoms with Crippen molar-refractivity contribution in [3.8, 4) is 12.1 Å². The first-order chi connectivity index (χ1) is 6.26. The normalized spacial score (nSPS) is 17.3. The average molecular weight is 176 g/mol. The fraction of sp³-hybridized carbons (Fsp3) is 0.556. The Labute approximate surface area is 78.3 Å². The lowest BCUT2D eigenvalue weighted by Gasteiger charge is -2.31. The molecule has 0 bridgehead atoms. The molecule has 1 saturated heterocycles. The van der Waals surface area contributed by atoms with Gasteiger partial charge in [-0.05, 0) is 7.05 Å². The second-order valence-electron chi connectivity index (χ2n) is 3.11. The van der Waals surface area contributed by atoms with Crippen molar-refractivity contribution in [2.24, 2.45) is 0 Å². The van der Waals surface area contributed by atoms with E-state index in [0.29, 0.717) is 0 Å². The van der Waals surface area contributed by atoms with Gasteiger partial charge in [-0.15, -0.1) is 0 Å². The van der Waals surface area contributed by atoms with Gasteiger partial charge in [0.15, 0.2) is 0 Å². The van der Waals surface area contributed by atoms with E-state index in [2.05, 4.69) is 11.9 Å². The predicted octanol–water partition coefficient (Wildman–Crippen LogP) is 0.165. The summed E-state index contributed by atoms with van der Waals surface area (Å²) in [6, 6.07) is 3.71. The molecule has 0 N–H and O–H groups in total. The van der Waals surface area contributed by atoms with Crippen molar-refractivity contribution in [1.82, 2.24) is 9.80 Å². The molecule has 68 valence electrons. The van der Waals surface area contributed by atoms with E-state index in [4.69, 9.17) is 10.5 Å². The fourth-order valence-electron chi connectivity index (χ4n) is 1.22. The summed E-state index contributed by atoms with van der Waals surface area (Å²) in [7, 11) is 2.07. The van der Waals surface area contributed by atoms with Crippen LogP contribution in [0.15, 0.2) is 11.8 Å². The lowest BCUT2D eigenvalue weighted by atomic mass is 10.3. The largest absolute Gasteiger partial charge is 0.373 e. The molecule has 0 aromatic carbocycles. The summed E-state index contributed by atoms with van der Waals surface area (Å²) < 4.78 is 0. The van der Waals surface area contributed by atoms with Crippen LogP contribution in [0, 0.1) is 22.7 Å². The molecule has 0 atom stereocenters. The first kappa shape index (κ1) is 9.57. The summed E-state index contributed by atoms with van der Waals surface area (Å²) in [4.78, 5) is 4.24. The number of allylic oxidation sites excluding steroid dienone is 1. The number of hydrogen-bond donors (Lipinski definition) is 0. The lowest BCUT2D eigenvalue weighted by molar-refractivity contribution is 0.198. The quantitative estimate of drug-likeness (QED) is 0.534. The smallest absolute Gasteiger partial charge is 0.145 e. The predicted molar refractivity (Wildman–Crippen MR) is 48.4 cm³/mol. The highest BCUT2D eigenvalue weighted by Crippen LogP contribution is 2.02. The van der Waals surface area contributed by atoms with Crippen molar-refractivity contribution < 1.29 is 0 Å². The van der Waals surface area contributed by atoms with Gasteiger partial charge in [0.1, 0.15) is 17.7 Å². The van der Waals surface area contributed by atoms with Crippen molar-refractivity contribution in [3.05, 3.63) is 11.8 Å². The van der Waals surface area contributed by atoms with Crippen LogP contribution < -0.4 is 0 Å². The number of piperazine rings is 1. The Morgan fingerprint density at radius 2 is 1.69 bits per heavy atom. The minimum atomic E-state index is 0.185. The number of rotatable bonds is 1. The molecule has 0 aromatic heterocycles. The maximum absolute atomic E-state index is 8.53. The van der Waals surface area contributed by atoms with Gasteiger partial charge < -0.3 is 9.80 Å². The highest BCUT2D eigenvalue weighted by molar-refractivity contribution is 5.34. The van der Waals surface area contributed by atoms with Gasteiger partial charge in [-0.1, -0.05) is 0 Å². The summed E-state index contributed by atoms with van der Waals surface area (Å²) in [6.07, 6.45) is 1.65. The third-order valence-electron chi connectivity index (χ3n) is 2.09. The van der Waals surface area contributed by atoms with Gasteiger partial charge in [0.05, 0.1) is 0 Å². The second-order valence-corrected chi connectivity index (χ2v) is 3.11. The Bertz CT molecular complexity index is 257. The van der Waals surface area contributed by atoms with E-state index in [1.165, 1.54) is 0 Å². The molecule has 4 nitrogen and oxygen atoms in total. The molecule has 0 saturated carbocycles. The summed E-state index contributed by atoms with van der Waals surface area (Å²) in [5.74, 6) is 0. The summed E-state index contributed by atoms with van der Waals surface area (Å²) in [6.45, 7) is 3.76. The van der Waals surface area contributed by atoms with Crippen LogP contribution in [0.25, 0.3) is 0 Å². The topological polar surface area (TPSA) is 54.1 Å². The van der Waals surface area contributed by atoms with Crippen LogP contribution in [-0.4, -0.2) is 43.0 Å². The van der Waals surface area contributed by atoms with E-state index < -0.39 is 0 Å². The Kier molecular flexibility index (Phi) is 3.31. The van der Waals surface area contributed by atoms with Crippen LogP contribution >= 0.6 is 0 Å². The molecule has 1 heterocycles. The van der Waals surface area contributed by atoms with Gasteiger partial charge in [0.2, 0.25) is 0 Å². The van der Waals surface area contributed by atoms with E-state index in [0.717, 1.165) is 26.2 Å². The zero-order valence-electron chi connectivity index (χ0n) is 7.69. The van der Waals surface area contributed by atoms with Crippen LogP contribution in [0.2, 0.25) is 0 Å². The van der Waals surface area contributed by atoms with Crippen molar-refractivity contribution in [2.75, 3.05) is 33.2 Å². The molecule has 13 heavy (non-hydrogen) atoms. The highest BCUT2D eigenvalue weighted by Gasteiger charge is 2.10. The van der Waals surface area contributed by atoms with Crippen molar-refractivity contribution in [2.45, 2.75) is 0 Å². The van der Waals surface area contributed by atoms with Crippen molar-refractivity contribution in [1.29, 1.82) is 10.5 Å². The monoisotopic (exact) mass is 176 g/mol. The van der Waals surface area contributed by atoms with Gasteiger partial charge in [-0.25, -0.2) is 0 Å². The molecule has 1 aliphatic rings. The van der Waals surface area contributed by atoms with E-state index in [9.17, 15) is 0 Å². The van der Waals surface area contributed by atoms with E-state index in [1.807, 2.05) is 17.0 Å². The molecular weight excluding hydrogens is 164 g/mol. The number of hydrogen-bond acceptors (Lipinski definition) is 4. The molecule has 0 spiro atoms. The molecule has 1 rings (SSSR count). The van der Waals surface area contributed by atoms with Gasteiger partial charge >= 0.3 is 0 Å².